The van der Waals surface area contributed by atoms with Crippen LogP contribution in [0.1, 0.15) is 41.4 Å². The molecule has 112 valence electrons. The maximum Gasteiger partial charge on any atom is 0.272 e. The second kappa shape index (κ2) is 5.35. The smallest absolute Gasteiger partial charge is 0.272 e. The summed E-state index contributed by atoms with van der Waals surface area (Å²) in [6, 6.07) is 1.92. The number of amides is 1. The van der Waals surface area contributed by atoms with Crippen LogP contribution >= 0.6 is 0 Å². The Morgan fingerprint density at radius 3 is 3.05 bits per heavy atom. The molecule has 1 aliphatic rings. The number of aryl methyl sites for hydroxylation is 1. The summed E-state index contributed by atoms with van der Waals surface area (Å²) >= 11 is 0. The van der Waals surface area contributed by atoms with Gasteiger partial charge in [-0.25, -0.2) is 4.98 Å². The van der Waals surface area contributed by atoms with E-state index in [4.69, 9.17) is 0 Å². The van der Waals surface area contributed by atoms with Crippen LogP contribution in [-0.2, 0) is 26.4 Å². The molecule has 0 radical (unpaired) electrons. The SMILES string of the molecule is CC(C)Cc1cc(C(=O)N2CCc3nc[nH]c3C2)n(C)n1. The number of carbonyl (C=O) groups excluding carboxylic acids is 1. The third kappa shape index (κ3) is 2.70. The van der Waals surface area contributed by atoms with Crippen molar-refractivity contribution in [2.24, 2.45) is 13.0 Å². The molecule has 1 amide bonds. The zero-order chi connectivity index (χ0) is 15.0. The Labute approximate surface area is 124 Å². The van der Waals surface area contributed by atoms with Gasteiger partial charge < -0.3 is 9.88 Å². The number of nitrogens with one attached hydrogen (secondary N) is 1. The van der Waals surface area contributed by atoms with E-state index in [1.165, 1.54) is 0 Å². The number of nitrogens with zero attached hydrogens (tertiary/aromatic N) is 4. The molecule has 2 aromatic heterocycles. The van der Waals surface area contributed by atoms with E-state index >= 15 is 0 Å². The molecule has 0 fully saturated rings. The van der Waals surface area contributed by atoms with Crippen molar-refractivity contribution in [2.45, 2.75) is 33.2 Å². The van der Waals surface area contributed by atoms with Gasteiger partial charge in [0.15, 0.2) is 0 Å². The van der Waals surface area contributed by atoms with Crippen LogP contribution in [0.15, 0.2) is 12.4 Å². The lowest BCUT2D eigenvalue weighted by atomic mass is 10.1. The molecule has 3 rings (SSSR count). The molecule has 1 N–H and O–H groups in total. The molecule has 2 aromatic rings. The fourth-order valence-electron chi connectivity index (χ4n) is 2.79. The van der Waals surface area contributed by atoms with Crippen LogP contribution in [0.25, 0.3) is 0 Å². The summed E-state index contributed by atoms with van der Waals surface area (Å²) in [5.74, 6) is 0.575. The third-order valence-electron chi connectivity index (χ3n) is 3.83. The normalized spacial score (nSPS) is 14.6. The Balaban J connectivity index is 1.78. The Morgan fingerprint density at radius 1 is 1.48 bits per heavy atom. The molecular formula is C15H21N5O. The predicted octanol–water partition coefficient (Wildman–Crippen LogP) is 1.54. The van der Waals surface area contributed by atoms with Gasteiger partial charge in [-0.3, -0.25) is 9.48 Å². The van der Waals surface area contributed by atoms with Gasteiger partial charge in [-0.05, 0) is 18.4 Å². The van der Waals surface area contributed by atoms with Gasteiger partial charge in [0.25, 0.3) is 5.91 Å². The van der Waals surface area contributed by atoms with E-state index in [1.807, 2.05) is 18.0 Å². The van der Waals surface area contributed by atoms with Crippen molar-refractivity contribution in [3.63, 3.8) is 0 Å². The molecule has 0 atom stereocenters. The van der Waals surface area contributed by atoms with Gasteiger partial charge in [0.2, 0.25) is 0 Å². The first-order chi connectivity index (χ1) is 10.0. The lowest BCUT2D eigenvalue weighted by Crippen LogP contribution is -2.37. The second-order valence-electron chi connectivity index (χ2n) is 6.05. The van der Waals surface area contributed by atoms with Crippen LogP contribution in [0.4, 0.5) is 0 Å². The first-order valence-electron chi connectivity index (χ1n) is 7.38. The van der Waals surface area contributed by atoms with Crippen molar-refractivity contribution < 1.29 is 4.79 Å². The van der Waals surface area contributed by atoms with E-state index < -0.39 is 0 Å². The number of aromatic amines is 1. The monoisotopic (exact) mass is 287 g/mol. The number of aromatic nitrogens is 4. The molecule has 0 saturated carbocycles. The van der Waals surface area contributed by atoms with E-state index in [9.17, 15) is 4.79 Å². The molecule has 21 heavy (non-hydrogen) atoms. The Hall–Kier alpha value is -2.11. The summed E-state index contributed by atoms with van der Waals surface area (Å²) < 4.78 is 1.70. The van der Waals surface area contributed by atoms with E-state index in [-0.39, 0.29) is 5.91 Å². The van der Waals surface area contributed by atoms with Crippen LogP contribution in [0, 0.1) is 5.92 Å². The first-order valence-corrected chi connectivity index (χ1v) is 7.38. The van der Waals surface area contributed by atoms with Gasteiger partial charge in [-0.1, -0.05) is 13.8 Å². The fourth-order valence-corrected chi connectivity index (χ4v) is 2.79. The molecule has 0 aliphatic carbocycles. The highest BCUT2D eigenvalue weighted by Gasteiger charge is 2.25. The number of hydrogen-bond acceptors (Lipinski definition) is 3. The highest BCUT2D eigenvalue weighted by atomic mass is 16.2. The Bertz CT molecular complexity index is 655. The molecular weight excluding hydrogens is 266 g/mol. The molecule has 6 heteroatoms. The van der Waals surface area contributed by atoms with Gasteiger partial charge in [0.05, 0.1) is 30.0 Å². The van der Waals surface area contributed by atoms with E-state index in [1.54, 1.807) is 11.0 Å². The van der Waals surface area contributed by atoms with Crippen LogP contribution in [0.5, 0.6) is 0 Å². The predicted molar refractivity (Wildman–Crippen MR) is 78.8 cm³/mol. The summed E-state index contributed by atoms with van der Waals surface area (Å²) in [5.41, 5.74) is 3.76. The second-order valence-corrected chi connectivity index (χ2v) is 6.05. The Kier molecular flexibility index (Phi) is 3.53. The van der Waals surface area contributed by atoms with Gasteiger partial charge in [0, 0.05) is 20.0 Å². The molecule has 0 saturated heterocycles. The van der Waals surface area contributed by atoms with Gasteiger partial charge >= 0.3 is 0 Å². The summed E-state index contributed by atoms with van der Waals surface area (Å²) in [7, 11) is 1.84. The number of carbonyl (C=O) groups is 1. The summed E-state index contributed by atoms with van der Waals surface area (Å²) in [6.45, 7) is 5.61. The topological polar surface area (TPSA) is 66.8 Å². The maximum atomic E-state index is 12.7. The number of imidazole rings is 1. The minimum atomic E-state index is 0.0419. The quantitative estimate of drug-likeness (QED) is 0.931. The lowest BCUT2D eigenvalue weighted by molar-refractivity contribution is 0.0720. The van der Waals surface area contributed by atoms with E-state index in [0.717, 1.165) is 29.9 Å². The van der Waals surface area contributed by atoms with E-state index in [2.05, 4.69) is 28.9 Å². The first kappa shape index (κ1) is 13.9. The van der Waals surface area contributed by atoms with Crippen molar-refractivity contribution in [3.8, 4) is 0 Å². The standard InChI is InChI=1S/C15H21N5O/c1-10(2)6-11-7-14(19(3)18-11)15(21)20-5-4-12-13(8-20)17-9-16-12/h7,9-10H,4-6,8H2,1-3H3,(H,16,17). The number of rotatable bonds is 3. The summed E-state index contributed by atoms with van der Waals surface area (Å²) in [4.78, 5) is 21.9. The van der Waals surface area contributed by atoms with Gasteiger partial charge in [-0.15, -0.1) is 0 Å². The van der Waals surface area contributed by atoms with Crippen LogP contribution in [-0.4, -0.2) is 37.1 Å². The van der Waals surface area contributed by atoms with Crippen molar-refractivity contribution in [2.75, 3.05) is 6.54 Å². The van der Waals surface area contributed by atoms with Crippen molar-refractivity contribution in [1.82, 2.24) is 24.6 Å². The largest absolute Gasteiger partial charge is 0.347 e. The Morgan fingerprint density at radius 2 is 2.29 bits per heavy atom. The number of hydrogen-bond donors (Lipinski definition) is 1. The summed E-state index contributed by atoms with van der Waals surface area (Å²) in [6.07, 6.45) is 3.40. The zero-order valence-electron chi connectivity index (χ0n) is 12.8. The van der Waals surface area contributed by atoms with Crippen molar-refractivity contribution >= 4 is 5.91 Å². The molecule has 0 spiro atoms. The van der Waals surface area contributed by atoms with Crippen LogP contribution in [0.2, 0.25) is 0 Å². The number of fused-ring (bicyclic) bond motifs is 1. The third-order valence-corrected chi connectivity index (χ3v) is 3.83. The maximum absolute atomic E-state index is 12.7. The van der Waals surface area contributed by atoms with Gasteiger partial charge in [0.1, 0.15) is 5.69 Å². The molecule has 0 aromatic carbocycles. The highest BCUT2D eigenvalue weighted by Crippen LogP contribution is 2.18. The van der Waals surface area contributed by atoms with E-state index in [0.29, 0.717) is 24.7 Å². The molecule has 0 bridgehead atoms. The summed E-state index contributed by atoms with van der Waals surface area (Å²) in [5, 5.41) is 4.45. The van der Waals surface area contributed by atoms with Crippen molar-refractivity contribution in [1.29, 1.82) is 0 Å². The molecule has 6 nitrogen and oxygen atoms in total. The zero-order valence-corrected chi connectivity index (χ0v) is 12.8. The molecule has 0 unspecified atom stereocenters. The molecule has 1 aliphatic heterocycles. The minimum Gasteiger partial charge on any atom is -0.347 e. The van der Waals surface area contributed by atoms with Crippen LogP contribution < -0.4 is 0 Å². The highest BCUT2D eigenvalue weighted by molar-refractivity contribution is 5.92. The number of H-pyrrole nitrogens is 1. The van der Waals surface area contributed by atoms with Crippen molar-refractivity contribution in [3.05, 3.63) is 35.2 Å². The van der Waals surface area contributed by atoms with Crippen LogP contribution in [0.3, 0.4) is 0 Å². The molecule has 3 heterocycles. The minimum absolute atomic E-state index is 0.0419. The average Bonchev–Trinajstić information content (AvgIpc) is 3.02. The van der Waals surface area contributed by atoms with Gasteiger partial charge in [-0.2, -0.15) is 5.10 Å². The average molecular weight is 287 g/mol. The lowest BCUT2D eigenvalue weighted by Gasteiger charge is -2.26. The fraction of sp³-hybridized carbons (Fsp3) is 0.533.